The van der Waals surface area contributed by atoms with Crippen molar-refractivity contribution in [2.45, 2.75) is 77.0 Å². The van der Waals surface area contributed by atoms with Gasteiger partial charge in [-0.2, -0.15) is 0 Å². The quantitative estimate of drug-likeness (QED) is 0.177. The maximum absolute atomic E-state index is 2.58. The molecule has 4 aliphatic carbocycles. The van der Waals surface area contributed by atoms with Gasteiger partial charge in [-0.1, -0.05) is 152 Å². The second kappa shape index (κ2) is 10.5. The van der Waals surface area contributed by atoms with Gasteiger partial charge in [-0.15, -0.1) is 0 Å². The highest BCUT2D eigenvalue weighted by molar-refractivity contribution is 5.95. The molecule has 0 saturated heterocycles. The van der Waals surface area contributed by atoms with E-state index in [2.05, 4.69) is 200 Å². The maximum atomic E-state index is 2.58. The van der Waals surface area contributed by atoms with Gasteiger partial charge < -0.3 is 4.90 Å². The van der Waals surface area contributed by atoms with Crippen molar-refractivity contribution >= 4 is 17.1 Å². The lowest BCUT2D eigenvalue weighted by atomic mass is 9.78. The van der Waals surface area contributed by atoms with Gasteiger partial charge >= 0.3 is 0 Å². The van der Waals surface area contributed by atoms with Crippen LogP contribution >= 0.6 is 0 Å². The van der Waals surface area contributed by atoms with Crippen molar-refractivity contribution in [1.29, 1.82) is 0 Å². The molecule has 0 aliphatic heterocycles. The SMILES string of the molecule is CC1(C)c2ccccc2-c2ccc(N(c3ccc4c(c3)C(C)(C)c3ccccc3-4)c3cccc4c3C(C)(C)c3cc5c(cc3-4)C(C)(C)c3ccccc3-5)cc21. The zero-order valence-corrected chi connectivity index (χ0v) is 33.2. The topological polar surface area (TPSA) is 3.24 Å². The third kappa shape index (κ3) is 4.09. The summed E-state index contributed by atoms with van der Waals surface area (Å²) in [5.74, 6) is 0. The van der Waals surface area contributed by atoms with Crippen molar-refractivity contribution in [2.24, 2.45) is 0 Å². The Morgan fingerprint density at radius 1 is 0.291 bits per heavy atom. The summed E-state index contributed by atoms with van der Waals surface area (Å²) in [5.41, 5.74) is 25.3. The summed E-state index contributed by atoms with van der Waals surface area (Å²) in [6.07, 6.45) is 0. The van der Waals surface area contributed by atoms with E-state index in [9.17, 15) is 0 Å². The Bertz CT molecular complexity index is 2720. The molecule has 0 radical (unpaired) electrons. The monoisotopic (exact) mass is 709 g/mol. The lowest BCUT2D eigenvalue weighted by Crippen LogP contribution is -2.22. The van der Waals surface area contributed by atoms with E-state index in [1.54, 1.807) is 0 Å². The first-order valence-corrected chi connectivity index (χ1v) is 20.0. The van der Waals surface area contributed by atoms with Crippen LogP contribution in [-0.2, 0) is 21.7 Å². The molecular formula is C54H47N. The summed E-state index contributed by atoms with van der Waals surface area (Å²) in [7, 11) is 0. The fourth-order valence-corrected chi connectivity index (χ4v) is 11.3. The van der Waals surface area contributed by atoms with E-state index < -0.39 is 0 Å². The molecule has 55 heavy (non-hydrogen) atoms. The first-order chi connectivity index (χ1) is 26.3. The lowest BCUT2D eigenvalue weighted by molar-refractivity contribution is 0.652. The van der Waals surface area contributed by atoms with Gasteiger partial charge in [0.05, 0.1) is 5.69 Å². The molecule has 4 aliphatic rings. The third-order valence-corrected chi connectivity index (χ3v) is 14.2. The summed E-state index contributed by atoms with van der Waals surface area (Å²) < 4.78 is 0. The molecule has 0 heterocycles. The largest absolute Gasteiger partial charge is 0.310 e. The Balaban J connectivity index is 1.15. The van der Waals surface area contributed by atoms with E-state index in [1.165, 1.54) is 106 Å². The van der Waals surface area contributed by atoms with E-state index >= 15 is 0 Å². The number of benzene rings is 7. The minimum atomic E-state index is -0.227. The Kier molecular flexibility index (Phi) is 6.28. The van der Waals surface area contributed by atoms with Gasteiger partial charge in [-0.05, 0) is 131 Å². The van der Waals surface area contributed by atoms with Crippen LogP contribution in [0, 0.1) is 0 Å². The fraction of sp³-hybridized carbons (Fsp3) is 0.222. The van der Waals surface area contributed by atoms with E-state index in [1.807, 2.05) is 0 Å². The van der Waals surface area contributed by atoms with Crippen LogP contribution in [0.2, 0.25) is 0 Å². The predicted molar refractivity (Wildman–Crippen MR) is 231 cm³/mol. The molecular weight excluding hydrogens is 663 g/mol. The van der Waals surface area contributed by atoms with Crippen molar-refractivity contribution in [3.8, 4) is 44.5 Å². The summed E-state index contributed by atoms with van der Waals surface area (Å²) in [6, 6.07) is 53.6. The van der Waals surface area contributed by atoms with Crippen LogP contribution in [0.5, 0.6) is 0 Å². The number of anilines is 3. The Morgan fingerprint density at radius 2 is 0.655 bits per heavy atom. The van der Waals surface area contributed by atoms with Gasteiger partial charge in [0.1, 0.15) is 0 Å². The molecule has 0 saturated carbocycles. The number of hydrogen-bond donors (Lipinski definition) is 0. The van der Waals surface area contributed by atoms with Gasteiger partial charge in [-0.25, -0.2) is 0 Å². The molecule has 0 bridgehead atoms. The highest BCUT2D eigenvalue weighted by Crippen LogP contribution is 2.60. The van der Waals surface area contributed by atoms with Crippen molar-refractivity contribution < 1.29 is 0 Å². The summed E-state index contributed by atoms with van der Waals surface area (Å²) >= 11 is 0. The molecule has 0 amide bonds. The van der Waals surface area contributed by atoms with Gasteiger partial charge in [0.15, 0.2) is 0 Å². The molecule has 0 aromatic heterocycles. The summed E-state index contributed by atoms with van der Waals surface area (Å²) in [5, 5.41) is 0. The molecule has 7 aromatic rings. The van der Waals surface area contributed by atoms with Crippen LogP contribution in [0.15, 0.2) is 140 Å². The van der Waals surface area contributed by atoms with Crippen LogP contribution in [0.25, 0.3) is 44.5 Å². The van der Waals surface area contributed by atoms with Gasteiger partial charge in [0.25, 0.3) is 0 Å². The molecule has 7 aromatic carbocycles. The van der Waals surface area contributed by atoms with Crippen molar-refractivity contribution in [3.63, 3.8) is 0 Å². The van der Waals surface area contributed by atoms with Crippen molar-refractivity contribution in [2.75, 3.05) is 4.90 Å². The second-order valence-corrected chi connectivity index (χ2v) is 18.6. The maximum Gasteiger partial charge on any atom is 0.0508 e. The summed E-state index contributed by atoms with van der Waals surface area (Å²) in [6.45, 7) is 19.2. The standard InChI is InChI=1S/C54H47N/c1-51(2)42-20-12-9-16-34(42)37-26-24-32(28-45(37)51)55(33-25-27-38-35-17-10-13-21-43(35)52(3,4)46(38)29-33)49-23-15-19-39-41-31-47-40(30-48(41)54(7,8)50(39)49)36-18-11-14-22-44(36)53(47,5)6/h9-31H,1-8H3. The molecule has 11 rings (SSSR count). The molecule has 0 N–H and O–H groups in total. The van der Waals surface area contributed by atoms with E-state index in [0.29, 0.717) is 0 Å². The van der Waals surface area contributed by atoms with Gasteiger partial charge in [0, 0.05) is 33.0 Å². The zero-order valence-electron chi connectivity index (χ0n) is 33.2. The van der Waals surface area contributed by atoms with Crippen molar-refractivity contribution in [3.05, 3.63) is 184 Å². The molecule has 0 fully saturated rings. The Morgan fingerprint density at radius 3 is 1.15 bits per heavy atom. The highest BCUT2D eigenvalue weighted by atomic mass is 15.1. The first kappa shape index (κ1) is 32.7. The van der Waals surface area contributed by atoms with Gasteiger partial charge in [-0.3, -0.25) is 0 Å². The number of nitrogens with zero attached hydrogens (tertiary/aromatic N) is 1. The minimum absolute atomic E-state index is 0.0545. The highest BCUT2D eigenvalue weighted by Gasteiger charge is 2.44. The Labute approximate surface area is 326 Å². The number of fused-ring (bicyclic) bond motifs is 12. The molecule has 0 spiro atoms. The van der Waals surface area contributed by atoms with Crippen LogP contribution in [0.3, 0.4) is 0 Å². The molecule has 1 heteroatoms. The molecule has 0 atom stereocenters. The van der Waals surface area contributed by atoms with E-state index in [-0.39, 0.29) is 21.7 Å². The predicted octanol–water partition coefficient (Wildman–Crippen LogP) is 14.4. The second-order valence-electron chi connectivity index (χ2n) is 18.6. The van der Waals surface area contributed by atoms with Crippen LogP contribution in [0.4, 0.5) is 17.1 Å². The molecule has 1 nitrogen and oxygen atoms in total. The Hall–Kier alpha value is -5.66. The average Bonchev–Trinajstić information content (AvgIpc) is 3.75. The van der Waals surface area contributed by atoms with Gasteiger partial charge in [0.2, 0.25) is 0 Å². The first-order valence-electron chi connectivity index (χ1n) is 20.0. The van der Waals surface area contributed by atoms with E-state index in [4.69, 9.17) is 0 Å². The summed E-state index contributed by atoms with van der Waals surface area (Å²) in [4.78, 5) is 2.58. The normalized spacial score (nSPS) is 17.3. The van der Waals surface area contributed by atoms with Crippen molar-refractivity contribution in [1.82, 2.24) is 0 Å². The molecule has 268 valence electrons. The lowest BCUT2D eigenvalue weighted by Gasteiger charge is -2.34. The van der Waals surface area contributed by atoms with Crippen LogP contribution in [-0.4, -0.2) is 0 Å². The third-order valence-electron chi connectivity index (χ3n) is 14.2. The number of hydrogen-bond acceptors (Lipinski definition) is 1. The van der Waals surface area contributed by atoms with Crippen LogP contribution < -0.4 is 4.90 Å². The minimum Gasteiger partial charge on any atom is -0.310 e. The average molecular weight is 710 g/mol. The zero-order chi connectivity index (χ0) is 37.8. The smallest absolute Gasteiger partial charge is 0.0508 e. The number of rotatable bonds is 3. The van der Waals surface area contributed by atoms with Crippen LogP contribution in [0.1, 0.15) is 99.9 Å². The van der Waals surface area contributed by atoms with E-state index in [0.717, 1.165) is 0 Å². The fourth-order valence-electron chi connectivity index (χ4n) is 11.3. The molecule has 0 unspecified atom stereocenters.